The number of carbonyl (C=O) groups excluding carboxylic acids is 2. The summed E-state index contributed by atoms with van der Waals surface area (Å²) < 4.78 is 30.4. The summed E-state index contributed by atoms with van der Waals surface area (Å²) in [5.41, 5.74) is 0.891. The van der Waals surface area contributed by atoms with Gasteiger partial charge >= 0.3 is 0 Å². The van der Waals surface area contributed by atoms with E-state index in [4.69, 9.17) is 4.74 Å². The molecule has 0 aliphatic rings. The first-order chi connectivity index (χ1) is 12.0. The summed E-state index contributed by atoms with van der Waals surface area (Å²) in [4.78, 5) is 23.8. The van der Waals surface area contributed by atoms with E-state index in [1.165, 1.54) is 6.07 Å². The summed E-state index contributed by atoms with van der Waals surface area (Å²) in [6.07, 6.45) is 0.415. The fourth-order valence-electron chi connectivity index (χ4n) is 2.05. The third-order valence-corrected chi connectivity index (χ3v) is 4.03. The number of Topliss-reactive ketones (excluding diaryl/α,β-unsaturated/α-hetero) is 1. The highest BCUT2D eigenvalue weighted by molar-refractivity contribution is 7.99. The van der Waals surface area contributed by atoms with Crippen LogP contribution in [0, 0.1) is 0 Å². The van der Waals surface area contributed by atoms with Crippen molar-refractivity contribution in [2.24, 2.45) is 0 Å². The number of halogens is 2. The Hall–Kier alpha value is -2.41. The number of ketones is 1. The van der Waals surface area contributed by atoms with Gasteiger partial charge in [0.05, 0.1) is 5.69 Å². The Bertz CT molecular complexity index is 735. The maximum atomic E-state index is 12.5. The third-order valence-electron chi connectivity index (χ3n) is 3.24. The van der Waals surface area contributed by atoms with E-state index in [-0.39, 0.29) is 17.3 Å². The summed E-state index contributed by atoms with van der Waals surface area (Å²) in [5.74, 6) is -2.56. The van der Waals surface area contributed by atoms with Crippen LogP contribution < -0.4 is 10.1 Å². The summed E-state index contributed by atoms with van der Waals surface area (Å²) in [5, 5.41) is 2.55. The van der Waals surface area contributed by atoms with Crippen molar-refractivity contribution in [1.29, 1.82) is 0 Å². The van der Waals surface area contributed by atoms with Crippen LogP contribution in [0.15, 0.2) is 53.4 Å². The van der Waals surface area contributed by atoms with E-state index >= 15 is 0 Å². The van der Waals surface area contributed by atoms with Gasteiger partial charge in [0.15, 0.2) is 12.4 Å². The lowest BCUT2D eigenvalue weighted by atomic mass is 10.1. The summed E-state index contributed by atoms with van der Waals surface area (Å²) in [6.45, 7) is 1.51. The molecule has 0 fully saturated rings. The third kappa shape index (κ3) is 5.86. The number of alkyl halides is 2. The highest BCUT2D eigenvalue weighted by atomic mass is 32.2. The summed E-state index contributed by atoms with van der Waals surface area (Å²) in [7, 11) is 0. The van der Waals surface area contributed by atoms with Crippen LogP contribution in [-0.2, 0) is 4.79 Å². The number of amides is 1. The standard InChI is InChI=1S/C18H17F2NO3S/c1-2-15(22)12-7-9-13(10-8-12)24-11-17(23)21-14-5-3-4-6-16(14)25-18(19)20/h3-10,18H,2,11H2,1H3,(H,21,23). The Labute approximate surface area is 148 Å². The molecule has 2 aromatic rings. The molecule has 0 saturated heterocycles. The van der Waals surface area contributed by atoms with E-state index < -0.39 is 11.7 Å². The SMILES string of the molecule is CCC(=O)c1ccc(OCC(=O)Nc2ccccc2SC(F)F)cc1. The van der Waals surface area contributed by atoms with Gasteiger partial charge in [-0.05, 0) is 36.4 Å². The Balaban J connectivity index is 1.92. The molecule has 25 heavy (non-hydrogen) atoms. The second-order valence-electron chi connectivity index (χ2n) is 5.01. The van der Waals surface area contributed by atoms with E-state index in [2.05, 4.69) is 5.32 Å². The zero-order chi connectivity index (χ0) is 18.2. The molecule has 2 rings (SSSR count). The summed E-state index contributed by atoms with van der Waals surface area (Å²) in [6, 6.07) is 12.8. The number of hydrogen-bond acceptors (Lipinski definition) is 4. The highest BCUT2D eigenvalue weighted by Crippen LogP contribution is 2.31. The number of nitrogens with one attached hydrogen (secondary N) is 1. The average molecular weight is 365 g/mol. The molecule has 0 spiro atoms. The van der Waals surface area contributed by atoms with Gasteiger partial charge in [-0.2, -0.15) is 8.78 Å². The molecule has 0 radical (unpaired) electrons. The molecule has 0 bridgehead atoms. The topological polar surface area (TPSA) is 55.4 Å². The normalized spacial score (nSPS) is 10.6. The van der Waals surface area contributed by atoms with Gasteiger partial charge in [-0.25, -0.2) is 0 Å². The van der Waals surface area contributed by atoms with Gasteiger partial charge in [-0.1, -0.05) is 30.8 Å². The van der Waals surface area contributed by atoms with Gasteiger partial charge in [-0.15, -0.1) is 0 Å². The fraction of sp³-hybridized carbons (Fsp3) is 0.222. The average Bonchev–Trinajstić information content (AvgIpc) is 2.61. The first-order valence-corrected chi connectivity index (χ1v) is 8.47. The van der Waals surface area contributed by atoms with Crippen LogP contribution in [0.3, 0.4) is 0 Å². The first kappa shape index (κ1) is 18.9. The molecule has 0 aliphatic carbocycles. The van der Waals surface area contributed by atoms with Crippen molar-refractivity contribution in [2.45, 2.75) is 24.0 Å². The van der Waals surface area contributed by atoms with Crippen molar-refractivity contribution >= 4 is 29.1 Å². The minimum absolute atomic E-state index is 0.0254. The molecule has 0 aliphatic heterocycles. The van der Waals surface area contributed by atoms with Crippen LogP contribution in [0.25, 0.3) is 0 Å². The van der Waals surface area contributed by atoms with Crippen molar-refractivity contribution in [2.75, 3.05) is 11.9 Å². The first-order valence-electron chi connectivity index (χ1n) is 7.59. The minimum Gasteiger partial charge on any atom is -0.484 e. The molecule has 0 unspecified atom stereocenters. The second-order valence-corrected chi connectivity index (χ2v) is 6.04. The molecule has 132 valence electrons. The monoisotopic (exact) mass is 365 g/mol. The minimum atomic E-state index is -2.57. The molecular formula is C18H17F2NO3S. The molecule has 1 N–H and O–H groups in total. The summed E-state index contributed by atoms with van der Waals surface area (Å²) >= 11 is 0.367. The molecule has 0 aromatic heterocycles. The van der Waals surface area contributed by atoms with Gasteiger partial charge in [0.2, 0.25) is 0 Å². The number of anilines is 1. The molecular weight excluding hydrogens is 348 g/mol. The number of para-hydroxylation sites is 1. The number of carbonyl (C=O) groups is 2. The molecule has 1 amide bonds. The maximum absolute atomic E-state index is 12.5. The van der Waals surface area contributed by atoms with Crippen LogP contribution in [0.5, 0.6) is 5.75 Å². The van der Waals surface area contributed by atoms with Crippen molar-refractivity contribution in [3.8, 4) is 5.75 Å². The molecule has 4 nitrogen and oxygen atoms in total. The van der Waals surface area contributed by atoms with Crippen molar-refractivity contribution in [1.82, 2.24) is 0 Å². The molecule has 0 saturated carbocycles. The van der Waals surface area contributed by atoms with Crippen molar-refractivity contribution in [3.05, 3.63) is 54.1 Å². The zero-order valence-electron chi connectivity index (χ0n) is 13.5. The number of hydrogen-bond donors (Lipinski definition) is 1. The van der Waals surface area contributed by atoms with Crippen LogP contribution in [0.4, 0.5) is 14.5 Å². The van der Waals surface area contributed by atoms with Gasteiger partial charge in [-0.3, -0.25) is 9.59 Å². The number of rotatable bonds is 8. The largest absolute Gasteiger partial charge is 0.484 e. The molecule has 2 aromatic carbocycles. The smallest absolute Gasteiger partial charge is 0.288 e. The van der Waals surface area contributed by atoms with E-state index in [1.807, 2.05) is 0 Å². The lowest BCUT2D eigenvalue weighted by molar-refractivity contribution is -0.118. The Kier molecular flexibility index (Phi) is 6.94. The number of benzene rings is 2. The maximum Gasteiger partial charge on any atom is 0.288 e. The quantitative estimate of drug-likeness (QED) is 0.548. The van der Waals surface area contributed by atoms with Gasteiger partial charge in [0.25, 0.3) is 11.7 Å². The van der Waals surface area contributed by atoms with E-state index in [9.17, 15) is 18.4 Å². The predicted molar refractivity (Wildman–Crippen MR) is 93.5 cm³/mol. The molecule has 0 heterocycles. The van der Waals surface area contributed by atoms with Gasteiger partial charge < -0.3 is 10.1 Å². The van der Waals surface area contributed by atoms with Gasteiger partial charge in [0, 0.05) is 16.9 Å². The number of thioether (sulfide) groups is 1. The second kappa shape index (κ2) is 9.17. The number of ether oxygens (including phenoxy) is 1. The van der Waals surface area contributed by atoms with Crippen LogP contribution in [0.2, 0.25) is 0 Å². The lowest BCUT2D eigenvalue weighted by Gasteiger charge is -2.11. The van der Waals surface area contributed by atoms with Crippen LogP contribution in [0.1, 0.15) is 23.7 Å². The van der Waals surface area contributed by atoms with Gasteiger partial charge in [0.1, 0.15) is 5.75 Å². The van der Waals surface area contributed by atoms with Crippen molar-refractivity contribution in [3.63, 3.8) is 0 Å². The van der Waals surface area contributed by atoms with Crippen LogP contribution in [-0.4, -0.2) is 24.1 Å². The van der Waals surface area contributed by atoms with Crippen LogP contribution >= 0.6 is 11.8 Å². The van der Waals surface area contributed by atoms with E-state index in [1.54, 1.807) is 49.4 Å². The Morgan fingerprint density at radius 1 is 1.12 bits per heavy atom. The fourth-order valence-corrected chi connectivity index (χ4v) is 2.64. The molecule has 7 heteroatoms. The predicted octanol–water partition coefficient (Wildman–Crippen LogP) is 4.61. The van der Waals surface area contributed by atoms with E-state index in [0.29, 0.717) is 35.2 Å². The molecule has 0 atom stereocenters. The van der Waals surface area contributed by atoms with E-state index in [0.717, 1.165) is 0 Å². The highest BCUT2D eigenvalue weighted by Gasteiger charge is 2.12. The lowest BCUT2D eigenvalue weighted by Crippen LogP contribution is -2.20. The Morgan fingerprint density at radius 2 is 1.80 bits per heavy atom. The van der Waals surface area contributed by atoms with Crippen molar-refractivity contribution < 1.29 is 23.1 Å². The Morgan fingerprint density at radius 3 is 2.44 bits per heavy atom. The zero-order valence-corrected chi connectivity index (χ0v) is 14.3.